The van der Waals surface area contributed by atoms with Gasteiger partial charge >= 0.3 is 0 Å². The first-order chi connectivity index (χ1) is 36.7. The molecule has 0 fully saturated rings. The van der Waals surface area contributed by atoms with Crippen molar-refractivity contribution in [2.45, 2.75) is 0 Å². The zero-order chi connectivity index (χ0) is 49.2. The molecule has 0 saturated carbocycles. The topological polar surface area (TPSA) is 8.17 Å². The van der Waals surface area contributed by atoms with Crippen LogP contribution in [-0.4, -0.2) is 4.57 Å². The van der Waals surface area contributed by atoms with Crippen molar-refractivity contribution in [3.05, 3.63) is 303 Å². The van der Waals surface area contributed by atoms with Crippen LogP contribution in [0.15, 0.2) is 303 Å². The van der Waals surface area contributed by atoms with Gasteiger partial charge in [0.1, 0.15) is 0 Å². The van der Waals surface area contributed by atoms with Crippen LogP contribution in [-0.2, 0) is 0 Å². The molecule has 0 spiro atoms. The van der Waals surface area contributed by atoms with E-state index in [4.69, 9.17) is 0 Å². The van der Waals surface area contributed by atoms with Gasteiger partial charge in [0.2, 0.25) is 0 Å². The van der Waals surface area contributed by atoms with Gasteiger partial charge < -0.3 is 9.47 Å². The van der Waals surface area contributed by atoms with Crippen LogP contribution in [0, 0.1) is 0 Å². The van der Waals surface area contributed by atoms with Crippen LogP contribution in [0.3, 0.4) is 0 Å². The maximum atomic E-state index is 2.45. The number of benzene rings is 12. The summed E-state index contributed by atoms with van der Waals surface area (Å²) in [5.41, 5.74) is 23.3. The Hall–Kier alpha value is -9.76. The number of fused-ring (bicyclic) bond motifs is 3. The first kappa shape index (κ1) is 44.2. The molecule has 0 bridgehead atoms. The summed E-state index contributed by atoms with van der Waals surface area (Å²) in [5.74, 6) is 0. The molecule has 2 heteroatoms. The Kier molecular flexibility index (Phi) is 11.6. The van der Waals surface area contributed by atoms with Gasteiger partial charge in [-0.2, -0.15) is 0 Å². The number of aromatic nitrogens is 1. The molecule has 13 aromatic rings. The van der Waals surface area contributed by atoms with E-state index >= 15 is 0 Å². The van der Waals surface area contributed by atoms with Crippen LogP contribution in [0.5, 0.6) is 0 Å². The summed E-state index contributed by atoms with van der Waals surface area (Å²) in [7, 11) is 0. The predicted octanol–water partition coefficient (Wildman–Crippen LogP) is 19.9. The monoisotopic (exact) mass is 942 g/mol. The lowest BCUT2D eigenvalue weighted by Gasteiger charge is -2.26. The number of rotatable bonds is 11. The van der Waals surface area contributed by atoms with Gasteiger partial charge in [0.25, 0.3) is 0 Å². The maximum absolute atomic E-state index is 2.45. The summed E-state index contributed by atoms with van der Waals surface area (Å²) in [6.07, 6.45) is 0. The third kappa shape index (κ3) is 8.55. The molecule has 0 amide bonds. The Morgan fingerprint density at radius 1 is 0.203 bits per heavy atom. The van der Waals surface area contributed by atoms with E-state index in [-0.39, 0.29) is 0 Å². The smallest absolute Gasteiger partial charge is 0.0541 e. The van der Waals surface area contributed by atoms with Crippen molar-refractivity contribution in [3.8, 4) is 83.6 Å². The zero-order valence-corrected chi connectivity index (χ0v) is 40.8. The van der Waals surface area contributed by atoms with Gasteiger partial charge in [-0.15, -0.1) is 0 Å². The number of hydrogen-bond donors (Lipinski definition) is 0. The first-order valence-corrected chi connectivity index (χ1v) is 25.4. The molecule has 0 radical (unpaired) electrons. The molecule has 1 heterocycles. The molecule has 0 unspecified atom stereocenters. The minimum absolute atomic E-state index is 1.09. The minimum Gasteiger partial charge on any atom is -0.310 e. The highest BCUT2D eigenvalue weighted by Crippen LogP contribution is 2.43. The van der Waals surface area contributed by atoms with E-state index in [1.54, 1.807) is 0 Å². The van der Waals surface area contributed by atoms with E-state index in [9.17, 15) is 0 Å². The normalized spacial score (nSPS) is 11.2. The fourth-order valence-electron chi connectivity index (χ4n) is 10.8. The summed E-state index contributed by atoms with van der Waals surface area (Å²) < 4.78 is 2.45. The molecule has 0 saturated heterocycles. The molecule has 74 heavy (non-hydrogen) atoms. The van der Waals surface area contributed by atoms with E-state index in [1.807, 2.05) is 0 Å². The Bertz CT molecular complexity index is 4100. The van der Waals surface area contributed by atoms with Gasteiger partial charge in [0.15, 0.2) is 0 Å². The molecule has 13 rings (SSSR count). The number of nitrogens with zero attached hydrogens (tertiary/aromatic N) is 2. The van der Waals surface area contributed by atoms with Crippen molar-refractivity contribution >= 4 is 38.9 Å². The number of hydrogen-bond acceptors (Lipinski definition) is 1. The third-order valence-electron chi connectivity index (χ3n) is 14.4. The number of para-hydroxylation sites is 2. The molecule has 0 aliphatic carbocycles. The zero-order valence-electron chi connectivity index (χ0n) is 40.8. The van der Waals surface area contributed by atoms with E-state index < -0.39 is 0 Å². The molecule has 2 nitrogen and oxygen atoms in total. The van der Waals surface area contributed by atoms with Crippen molar-refractivity contribution in [2.75, 3.05) is 4.90 Å². The fraction of sp³-hybridized carbons (Fsp3) is 0. The van der Waals surface area contributed by atoms with Gasteiger partial charge in [-0.1, -0.05) is 224 Å². The standard InChI is InChI=1S/C72H50N2/c1-5-20-51(21-6-1)54-38-40-55(41-39-54)58-28-18-32-64(46-58)73(63-30-11-4-12-31-63)65-33-19-29-59(47-65)67-34-13-14-35-68(67)60-42-43-72-70(50-60)69-36-15-16-37-71(69)74(72)66-48-61(53-24-9-3-10-25-53)45-62(49-66)57-27-17-26-56(44-57)52-22-7-2-8-23-52/h1-50H. The van der Waals surface area contributed by atoms with Crippen molar-refractivity contribution in [2.24, 2.45) is 0 Å². The molecule has 0 aliphatic heterocycles. The van der Waals surface area contributed by atoms with E-state index in [2.05, 4.69) is 313 Å². The summed E-state index contributed by atoms with van der Waals surface area (Å²) in [4.78, 5) is 2.37. The van der Waals surface area contributed by atoms with Crippen molar-refractivity contribution in [3.63, 3.8) is 0 Å². The van der Waals surface area contributed by atoms with Crippen LogP contribution in [0.4, 0.5) is 17.1 Å². The average molecular weight is 943 g/mol. The highest BCUT2D eigenvalue weighted by Gasteiger charge is 2.19. The highest BCUT2D eigenvalue weighted by molar-refractivity contribution is 6.11. The highest BCUT2D eigenvalue weighted by atomic mass is 15.1. The second-order valence-electron chi connectivity index (χ2n) is 18.9. The fourth-order valence-corrected chi connectivity index (χ4v) is 10.8. The first-order valence-electron chi connectivity index (χ1n) is 25.4. The van der Waals surface area contributed by atoms with Crippen molar-refractivity contribution < 1.29 is 0 Å². The summed E-state index contributed by atoms with van der Waals surface area (Å²) in [6.45, 7) is 0. The van der Waals surface area contributed by atoms with Crippen LogP contribution >= 0.6 is 0 Å². The Labute approximate surface area is 433 Å². The molecular formula is C72H50N2. The quantitative estimate of drug-likeness (QED) is 0.125. The van der Waals surface area contributed by atoms with Crippen LogP contribution < -0.4 is 4.90 Å². The Morgan fingerprint density at radius 3 is 1.20 bits per heavy atom. The maximum Gasteiger partial charge on any atom is 0.0541 e. The van der Waals surface area contributed by atoms with Crippen LogP contribution in [0.2, 0.25) is 0 Å². The molecule has 0 aliphatic rings. The summed E-state index contributed by atoms with van der Waals surface area (Å²) in [5, 5.41) is 2.43. The van der Waals surface area contributed by atoms with Gasteiger partial charge in [0, 0.05) is 33.5 Å². The van der Waals surface area contributed by atoms with E-state index in [0.717, 1.165) is 33.8 Å². The van der Waals surface area contributed by atoms with Crippen molar-refractivity contribution in [1.29, 1.82) is 0 Å². The average Bonchev–Trinajstić information content (AvgIpc) is 3.82. The third-order valence-corrected chi connectivity index (χ3v) is 14.4. The summed E-state index contributed by atoms with van der Waals surface area (Å²) in [6, 6.07) is 110. The molecule has 0 N–H and O–H groups in total. The second-order valence-corrected chi connectivity index (χ2v) is 18.9. The van der Waals surface area contributed by atoms with E-state index in [1.165, 1.54) is 88.6 Å². The van der Waals surface area contributed by atoms with E-state index in [0.29, 0.717) is 0 Å². The van der Waals surface area contributed by atoms with Gasteiger partial charge in [-0.05, 0) is 157 Å². The lowest BCUT2D eigenvalue weighted by Crippen LogP contribution is -2.10. The molecular weight excluding hydrogens is 893 g/mol. The molecule has 348 valence electrons. The Morgan fingerprint density at radius 2 is 0.568 bits per heavy atom. The second kappa shape index (κ2) is 19.4. The molecule has 1 aromatic heterocycles. The molecule has 12 aromatic carbocycles. The lowest BCUT2D eigenvalue weighted by atomic mass is 9.93. The van der Waals surface area contributed by atoms with Gasteiger partial charge in [0.05, 0.1) is 11.0 Å². The largest absolute Gasteiger partial charge is 0.310 e. The molecule has 0 atom stereocenters. The van der Waals surface area contributed by atoms with Crippen LogP contribution in [0.25, 0.3) is 105 Å². The predicted molar refractivity (Wildman–Crippen MR) is 314 cm³/mol. The SMILES string of the molecule is c1ccc(-c2ccc(-c3cccc(N(c4ccccc4)c4cccc(-c5ccccc5-c5ccc6c(c5)c5ccccc5n6-c5cc(-c6ccccc6)cc(-c6cccc(-c7ccccc7)c6)c5)c4)c3)cc2)cc1. The minimum atomic E-state index is 1.09. The van der Waals surface area contributed by atoms with Crippen molar-refractivity contribution in [1.82, 2.24) is 4.57 Å². The van der Waals surface area contributed by atoms with Crippen LogP contribution in [0.1, 0.15) is 0 Å². The Balaban J connectivity index is 0.895. The van der Waals surface area contributed by atoms with Gasteiger partial charge in [-0.3, -0.25) is 0 Å². The van der Waals surface area contributed by atoms with Gasteiger partial charge in [-0.25, -0.2) is 0 Å². The lowest BCUT2D eigenvalue weighted by molar-refractivity contribution is 1.18. The summed E-state index contributed by atoms with van der Waals surface area (Å²) >= 11 is 0. The number of anilines is 3.